The maximum Gasteiger partial charge on any atom is 0.205 e. The zero-order valence-corrected chi connectivity index (χ0v) is 13.1. The molecule has 3 aromatic rings. The quantitative estimate of drug-likeness (QED) is 0.603. The van der Waals surface area contributed by atoms with Gasteiger partial charge in [-0.05, 0) is 24.3 Å². The van der Waals surface area contributed by atoms with Gasteiger partial charge in [-0.2, -0.15) is 0 Å². The summed E-state index contributed by atoms with van der Waals surface area (Å²) in [5.41, 5.74) is 0.913. The van der Waals surface area contributed by atoms with Gasteiger partial charge in [-0.1, -0.05) is 47.1 Å². The van der Waals surface area contributed by atoms with E-state index in [9.17, 15) is 0 Å². The van der Waals surface area contributed by atoms with Crippen molar-refractivity contribution in [3.8, 4) is 11.3 Å². The molecule has 0 aliphatic carbocycles. The third kappa shape index (κ3) is 3.79. The van der Waals surface area contributed by atoms with E-state index in [1.807, 2.05) is 36.4 Å². The molecule has 0 bridgehead atoms. The van der Waals surface area contributed by atoms with Gasteiger partial charge in [0.1, 0.15) is 0 Å². The van der Waals surface area contributed by atoms with Gasteiger partial charge in [0, 0.05) is 16.8 Å². The number of nitrogens with zero attached hydrogens (tertiary/aromatic N) is 2. The number of aromatic nitrogens is 2. The summed E-state index contributed by atoms with van der Waals surface area (Å²) in [6, 6.07) is 11.2. The first-order valence-corrected chi connectivity index (χ1v) is 7.90. The summed E-state index contributed by atoms with van der Waals surface area (Å²) in [6.07, 6.45) is 3.33. The molecule has 0 N–H and O–H groups in total. The van der Waals surface area contributed by atoms with E-state index < -0.39 is 0 Å². The van der Waals surface area contributed by atoms with Crippen molar-refractivity contribution in [3.63, 3.8) is 0 Å². The maximum atomic E-state index is 5.97. The predicted molar refractivity (Wildman–Crippen MR) is 85.8 cm³/mol. The van der Waals surface area contributed by atoms with Crippen LogP contribution in [0.2, 0.25) is 10.0 Å². The normalized spacial score (nSPS) is 10.8. The third-order valence-electron chi connectivity index (χ3n) is 2.71. The van der Waals surface area contributed by atoms with Gasteiger partial charge in [0.25, 0.3) is 0 Å². The van der Waals surface area contributed by atoms with Gasteiger partial charge in [0.05, 0.1) is 22.0 Å². The highest BCUT2D eigenvalue weighted by molar-refractivity contribution is 7.98. The molecule has 3 nitrogen and oxygen atoms in total. The lowest BCUT2D eigenvalue weighted by molar-refractivity contribution is 0.530. The van der Waals surface area contributed by atoms with Crippen LogP contribution in [0.4, 0.5) is 0 Å². The standard InChI is InChI=1S/C15H10Cl2N2OS/c16-11-3-1-2-10(6-11)13-8-18-14(20-13)9-21-15-5-4-12(17)7-19-15/h1-8H,9H2. The molecule has 0 saturated carbocycles. The fourth-order valence-corrected chi connectivity index (χ4v) is 2.73. The fourth-order valence-electron chi connectivity index (χ4n) is 1.74. The number of thioether (sulfide) groups is 1. The van der Waals surface area contributed by atoms with E-state index in [1.54, 1.807) is 24.2 Å². The highest BCUT2D eigenvalue weighted by atomic mass is 35.5. The molecule has 1 aromatic carbocycles. The van der Waals surface area contributed by atoms with Crippen molar-refractivity contribution in [2.24, 2.45) is 0 Å². The second-order valence-corrected chi connectivity index (χ2v) is 6.10. The minimum absolute atomic E-state index is 0.606. The van der Waals surface area contributed by atoms with E-state index in [-0.39, 0.29) is 0 Å². The van der Waals surface area contributed by atoms with Gasteiger partial charge < -0.3 is 4.42 Å². The number of hydrogen-bond donors (Lipinski definition) is 0. The molecule has 21 heavy (non-hydrogen) atoms. The average molecular weight is 337 g/mol. The van der Waals surface area contributed by atoms with Crippen molar-refractivity contribution >= 4 is 35.0 Å². The number of benzene rings is 1. The lowest BCUT2D eigenvalue weighted by atomic mass is 10.2. The van der Waals surface area contributed by atoms with E-state index in [0.29, 0.717) is 27.4 Å². The zero-order valence-electron chi connectivity index (χ0n) is 10.8. The molecular weight excluding hydrogens is 327 g/mol. The van der Waals surface area contributed by atoms with E-state index in [0.717, 1.165) is 10.6 Å². The Morgan fingerprint density at radius 3 is 2.67 bits per heavy atom. The van der Waals surface area contributed by atoms with Crippen LogP contribution in [-0.4, -0.2) is 9.97 Å². The second kappa shape index (κ2) is 6.52. The largest absolute Gasteiger partial charge is 0.440 e. The molecule has 0 spiro atoms. The molecule has 106 valence electrons. The highest BCUT2D eigenvalue weighted by Crippen LogP contribution is 2.26. The Bertz CT molecular complexity index is 743. The van der Waals surface area contributed by atoms with Crippen molar-refractivity contribution in [1.82, 2.24) is 9.97 Å². The molecule has 0 amide bonds. The third-order valence-corrected chi connectivity index (χ3v) is 4.09. The van der Waals surface area contributed by atoms with Gasteiger partial charge in [0.2, 0.25) is 5.89 Å². The Kier molecular flexibility index (Phi) is 4.48. The van der Waals surface area contributed by atoms with Crippen LogP contribution in [0.1, 0.15) is 5.89 Å². The molecule has 0 radical (unpaired) electrons. The summed E-state index contributed by atoms with van der Waals surface area (Å²) in [7, 11) is 0. The monoisotopic (exact) mass is 336 g/mol. The van der Waals surface area contributed by atoms with Crippen LogP contribution in [0.3, 0.4) is 0 Å². The molecule has 0 aliphatic rings. The molecule has 0 unspecified atom stereocenters. The van der Waals surface area contributed by atoms with Gasteiger partial charge in [-0.3, -0.25) is 0 Å². The minimum atomic E-state index is 0.606. The molecule has 0 saturated heterocycles. The van der Waals surface area contributed by atoms with E-state index in [4.69, 9.17) is 27.6 Å². The number of hydrogen-bond acceptors (Lipinski definition) is 4. The number of halogens is 2. The van der Waals surface area contributed by atoms with Gasteiger partial charge >= 0.3 is 0 Å². The van der Waals surface area contributed by atoms with Crippen molar-refractivity contribution in [2.75, 3.05) is 0 Å². The molecule has 6 heteroatoms. The van der Waals surface area contributed by atoms with Crippen LogP contribution >= 0.6 is 35.0 Å². The second-order valence-electron chi connectivity index (χ2n) is 4.23. The topological polar surface area (TPSA) is 38.9 Å². The first-order chi connectivity index (χ1) is 10.2. The summed E-state index contributed by atoms with van der Waals surface area (Å²) in [6.45, 7) is 0. The van der Waals surface area contributed by atoms with Crippen LogP contribution in [0.5, 0.6) is 0 Å². The molecule has 2 aromatic heterocycles. The maximum absolute atomic E-state index is 5.97. The average Bonchev–Trinajstić information content (AvgIpc) is 2.96. The molecule has 0 atom stereocenters. The molecule has 0 aliphatic heterocycles. The Hall–Kier alpha value is -1.49. The van der Waals surface area contributed by atoms with Gasteiger partial charge in [-0.15, -0.1) is 0 Å². The van der Waals surface area contributed by atoms with Crippen molar-refractivity contribution < 1.29 is 4.42 Å². The van der Waals surface area contributed by atoms with Gasteiger partial charge in [0.15, 0.2) is 5.76 Å². The number of rotatable bonds is 4. The lowest BCUT2D eigenvalue weighted by Gasteiger charge is -1.98. The summed E-state index contributed by atoms with van der Waals surface area (Å²) in [5, 5.41) is 2.17. The van der Waals surface area contributed by atoms with Crippen LogP contribution in [-0.2, 0) is 5.75 Å². The van der Waals surface area contributed by atoms with Crippen LogP contribution in [0, 0.1) is 0 Å². The van der Waals surface area contributed by atoms with Crippen LogP contribution in [0.15, 0.2) is 58.2 Å². The Balaban J connectivity index is 1.69. The van der Waals surface area contributed by atoms with E-state index in [1.165, 1.54) is 0 Å². The SMILES string of the molecule is Clc1ccc(SCc2ncc(-c3cccc(Cl)c3)o2)nc1. The Labute approximate surface area is 136 Å². The zero-order chi connectivity index (χ0) is 14.7. The van der Waals surface area contributed by atoms with Crippen molar-refractivity contribution in [3.05, 3.63) is 64.7 Å². The number of pyridine rings is 1. The fraction of sp³-hybridized carbons (Fsp3) is 0.0667. The smallest absolute Gasteiger partial charge is 0.205 e. The first kappa shape index (κ1) is 14.4. The number of oxazole rings is 1. The first-order valence-electron chi connectivity index (χ1n) is 6.16. The summed E-state index contributed by atoms with van der Waals surface area (Å²) < 4.78 is 5.73. The van der Waals surface area contributed by atoms with Gasteiger partial charge in [-0.25, -0.2) is 9.97 Å². The van der Waals surface area contributed by atoms with Crippen molar-refractivity contribution in [2.45, 2.75) is 10.8 Å². The summed E-state index contributed by atoms with van der Waals surface area (Å²) >= 11 is 13.3. The predicted octanol–water partition coefficient (Wildman–Crippen LogP) is 5.34. The van der Waals surface area contributed by atoms with Crippen LogP contribution < -0.4 is 0 Å². The molecule has 0 fully saturated rings. The lowest BCUT2D eigenvalue weighted by Crippen LogP contribution is -1.82. The molecular formula is C15H10Cl2N2OS. The van der Waals surface area contributed by atoms with Crippen molar-refractivity contribution in [1.29, 1.82) is 0 Å². The minimum Gasteiger partial charge on any atom is -0.440 e. The Morgan fingerprint density at radius 1 is 1.00 bits per heavy atom. The molecule has 3 rings (SSSR count). The van der Waals surface area contributed by atoms with E-state index in [2.05, 4.69) is 9.97 Å². The van der Waals surface area contributed by atoms with Crippen LogP contribution in [0.25, 0.3) is 11.3 Å². The van der Waals surface area contributed by atoms with E-state index >= 15 is 0 Å². The molecule has 2 heterocycles. The Morgan fingerprint density at radius 2 is 1.90 bits per heavy atom. The summed E-state index contributed by atoms with van der Waals surface area (Å²) in [5.74, 6) is 1.96. The summed E-state index contributed by atoms with van der Waals surface area (Å²) in [4.78, 5) is 8.48. The highest BCUT2D eigenvalue weighted by Gasteiger charge is 2.07.